The maximum absolute atomic E-state index is 4.27. The highest BCUT2D eigenvalue weighted by Crippen LogP contribution is 2.16. The maximum Gasteiger partial charge on any atom is 0.0346 e. The lowest BCUT2D eigenvalue weighted by Gasteiger charge is -2.06. The van der Waals surface area contributed by atoms with Crippen molar-refractivity contribution < 1.29 is 0 Å². The number of hydrogen-bond acceptors (Lipinski definition) is 2. The van der Waals surface area contributed by atoms with Gasteiger partial charge in [0.15, 0.2) is 0 Å². The molecule has 2 nitrogen and oxygen atoms in total. The number of benzene rings is 1. The summed E-state index contributed by atoms with van der Waals surface area (Å²) in [5.74, 6) is 0. The summed E-state index contributed by atoms with van der Waals surface area (Å²) in [6.07, 6.45) is 9.20. The SMILES string of the molecule is C/C=C/CCNCc1cncc2ccccc12. The topological polar surface area (TPSA) is 24.9 Å². The average molecular weight is 226 g/mol. The van der Waals surface area contributed by atoms with E-state index in [0.29, 0.717) is 0 Å². The number of hydrogen-bond donors (Lipinski definition) is 1. The fraction of sp³-hybridized carbons (Fsp3) is 0.267. The van der Waals surface area contributed by atoms with E-state index in [9.17, 15) is 0 Å². The predicted molar refractivity (Wildman–Crippen MR) is 72.9 cm³/mol. The molecule has 0 atom stereocenters. The molecule has 0 saturated heterocycles. The fourth-order valence-electron chi connectivity index (χ4n) is 1.90. The van der Waals surface area contributed by atoms with E-state index >= 15 is 0 Å². The van der Waals surface area contributed by atoms with Crippen LogP contribution in [0.2, 0.25) is 0 Å². The van der Waals surface area contributed by atoms with Crippen LogP contribution in [0.1, 0.15) is 18.9 Å². The van der Waals surface area contributed by atoms with Crippen LogP contribution in [0.5, 0.6) is 0 Å². The number of allylic oxidation sites excluding steroid dienone is 1. The van der Waals surface area contributed by atoms with E-state index in [1.807, 2.05) is 18.5 Å². The molecule has 0 aliphatic rings. The van der Waals surface area contributed by atoms with Crippen molar-refractivity contribution in [2.24, 2.45) is 0 Å². The van der Waals surface area contributed by atoms with Crippen LogP contribution in [0.25, 0.3) is 10.8 Å². The number of rotatable bonds is 5. The molecule has 2 aromatic rings. The molecule has 1 heterocycles. The van der Waals surface area contributed by atoms with Gasteiger partial charge in [-0.05, 0) is 30.8 Å². The average Bonchev–Trinajstić information content (AvgIpc) is 2.39. The van der Waals surface area contributed by atoms with Gasteiger partial charge in [-0.15, -0.1) is 0 Å². The van der Waals surface area contributed by atoms with Gasteiger partial charge in [0.2, 0.25) is 0 Å². The molecule has 0 radical (unpaired) electrons. The van der Waals surface area contributed by atoms with Gasteiger partial charge in [-0.1, -0.05) is 36.4 Å². The molecule has 1 N–H and O–H groups in total. The number of fused-ring (bicyclic) bond motifs is 1. The number of aromatic nitrogens is 1. The van der Waals surface area contributed by atoms with E-state index in [1.165, 1.54) is 16.3 Å². The van der Waals surface area contributed by atoms with Gasteiger partial charge >= 0.3 is 0 Å². The zero-order valence-electron chi connectivity index (χ0n) is 10.2. The van der Waals surface area contributed by atoms with Crippen LogP contribution in [0.3, 0.4) is 0 Å². The van der Waals surface area contributed by atoms with Gasteiger partial charge in [-0.3, -0.25) is 4.98 Å². The summed E-state index contributed by atoms with van der Waals surface area (Å²) in [5, 5.41) is 5.94. The van der Waals surface area contributed by atoms with Crippen molar-refractivity contribution in [3.05, 3.63) is 54.4 Å². The normalized spacial score (nSPS) is 11.4. The van der Waals surface area contributed by atoms with Crippen molar-refractivity contribution in [2.45, 2.75) is 19.9 Å². The molecular weight excluding hydrogens is 208 g/mol. The Bertz CT molecular complexity index is 498. The van der Waals surface area contributed by atoms with Crippen LogP contribution in [0.4, 0.5) is 0 Å². The predicted octanol–water partition coefficient (Wildman–Crippen LogP) is 3.29. The third kappa shape index (κ3) is 3.14. The Balaban J connectivity index is 2.03. The van der Waals surface area contributed by atoms with E-state index in [4.69, 9.17) is 0 Å². The minimum Gasteiger partial charge on any atom is -0.312 e. The van der Waals surface area contributed by atoms with Crippen LogP contribution in [-0.4, -0.2) is 11.5 Å². The molecule has 1 aromatic carbocycles. The third-order valence-electron chi connectivity index (χ3n) is 2.79. The van der Waals surface area contributed by atoms with Crippen LogP contribution in [-0.2, 0) is 6.54 Å². The second-order valence-corrected chi connectivity index (χ2v) is 4.05. The molecule has 0 amide bonds. The summed E-state index contributed by atoms with van der Waals surface area (Å²) < 4.78 is 0. The molecule has 2 heteroatoms. The number of nitrogens with one attached hydrogen (secondary N) is 1. The Labute approximate surface area is 102 Å². The lowest BCUT2D eigenvalue weighted by atomic mass is 10.1. The van der Waals surface area contributed by atoms with Gasteiger partial charge in [0.25, 0.3) is 0 Å². The Kier molecular flexibility index (Phi) is 4.28. The molecule has 0 bridgehead atoms. The zero-order valence-corrected chi connectivity index (χ0v) is 10.2. The molecule has 0 saturated carbocycles. The van der Waals surface area contributed by atoms with Gasteiger partial charge in [0, 0.05) is 24.3 Å². The zero-order chi connectivity index (χ0) is 11.9. The summed E-state index contributed by atoms with van der Waals surface area (Å²) in [6.45, 7) is 3.94. The summed E-state index contributed by atoms with van der Waals surface area (Å²) >= 11 is 0. The van der Waals surface area contributed by atoms with Crippen LogP contribution < -0.4 is 5.32 Å². The van der Waals surface area contributed by atoms with Crippen molar-refractivity contribution >= 4 is 10.8 Å². The first kappa shape index (κ1) is 11.8. The monoisotopic (exact) mass is 226 g/mol. The molecule has 88 valence electrons. The lowest BCUT2D eigenvalue weighted by Crippen LogP contribution is -2.14. The van der Waals surface area contributed by atoms with Crippen molar-refractivity contribution in [1.82, 2.24) is 10.3 Å². The first-order valence-electron chi connectivity index (χ1n) is 6.05. The molecule has 1 aromatic heterocycles. The molecule has 2 rings (SSSR count). The molecular formula is C15H18N2. The highest BCUT2D eigenvalue weighted by atomic mass is 14.8. The fourth-order valence-corrected chi connectivity index (χ4v) is 1.90. The molecule has 0 unspecified atom stereocenters. The summed E-state index contributed by atoms with van der Waals surface area (Å²) in [6, 6.07) is 8.38. The first-order valence-corrected chi connectivity index (χ1v) is 6.05. The van der Waals surface area contributed by atoms with E-state index in [1.54, 1.807) is 0 Å². The quantitative estimate of drug-likeness (QED) is 0.625. The Morgan fingerprint density at radius 2 is 2.12 bits per heavy atom. The summed E-state index contributed by atoms with van der Waals surface area (Å²) in [4.78, 5) is 4.27. The molecule has 0 spiro atoms. The second kappa shape index (κ2) is 6.16. The van der Waals surface area contributed by atoms with Crippen molar-refractivity contribution in [2.75, 3.05) is 6.54 Å². The van der Waals surface area contributed by atoms with Crippen molar-refractivity contribution in [1.29, 1.82) is 0 Å². The molecule has 17 heavy (non-hydrogen) atoms. The van der Waals surface area contributed by atoms with E-state index < -0.39 is 0 Å². The minimum atomic E-state index is 0.881. The van der Waals surface area contributed by atoms with Crippen molar-refractivity contribution in [3.8, 4) is 0 Å². The second-order valence-electron chi connectivity index (χ2n) is 4.05. The van der Waals surface area contributed by atoms with Crippen LogP contribution >= 0.6 is 0 Å². The summed E-state index contributed by atoms with van der Waals surface area (Å²) in [7, 11) is 0. The highest BCUT2D eigenvalue weighted by molar-refractivity contribution is 5.84. The highest BCUT2D eigenvalue weighted by Gasteiger charge is 1.99. The maximum atomic E-state index is 4.27. The van der Waals surface area contributed by atoms with Crippen LogP contribution in [0.15, 0.2) is 48.8 Å². The molecule has 0 fully saturated rings. The number of nitrogens with zero attached hydrogens (tertiary/aromatic N) is 1. The van der Waals surface area contributed by atoms with Gasteiger partial charge in [-0.2, -0.15) is 0 Å². The summed E-state index contributed by atoms with van der Waals surface area (Å²) in [5.41, 5.74) is 1.27. The largest absolute Gasteiger partial charge is 0.312 e. The van der Waals surface area contributed by atoms with Gasteiger partial charge in [0.1, 0.15) is 0 Å². The molecule has 0 aliphatic heterocycles. The van der Waals surface area contributed by atoms with Crippen molar-refractivity contribution in [3.63, 3.8) is 0 Å². The Morgan fingerprint density at radius 1 is 1.24 bits per heavy atom. The Morgan fingerprint density at radius 3 is 3.00 bits per heavy atom. The molecule has 0 aliphatic carbocycles. The van der Waals surface area contributed by atoms with Gasteiger partial charge < -0.3 is 5.32 Å². The minimum absolute atomic E-state index is 0.881. The lowest BCUT2D eigenvalue weighted by molar-refractivity contribution is 0.696. The van der Waals surface area contributed by atoms with E-state index in [2.05, 4.69) is 47.6 Å². The third-order valence-corrected chi connectivity index (χ3v) is 2.79. The Hall–Kier alpha value is -1.67. The van der Waals surface area contributed by atoms with Gasteiger partial charge in [0.05, 0.1) is 0 Å². The smallest absolute Gasteiger partial charge is 0.0346 e. The van der Waals surface area contributed by atoms with Crippen LogP contribution in [0, 0.1) is 0 Å². The van der Waals surface area contributed by atoms with E-state index in [0.717, 1.165) is 19.5 Å². The van der Waals surface area contributed by atoms with E-state index in [-0.39, 0.29) is 0 Å². The first-order chi connectivity index (χ1) is 8.42. The standard InChI is InChI=1S/C15H18N2/c1-2-3-6-9-16-11-14-12-17-10-13-7-4-5-8-15(13)14/h2-5,7-8,10,12,16H,6,9,11H2,1H3/b3-2+. The van der Waals surface area contributed by atoms with Gasteiger partial charge in [-0.25, -0.2) is 0 Å². The number of pyridine rings is 1.